The van der Waals surface area contributed by atoms with Crippen molar-refractivity contribution in [2.45, 2.75) is 23.9 Å². The van der Waals surface area contributed by atoms with Crippen molar-refractivity contribution in [1.29, 1.82) is 0 Å². The van der Waals surface area contributed by atoms with Gasteiger partial charge in [0.2, 0.25) is 0 Å². The number of thioether (sulfide) groups is 1. The molecule has 0 amide bonds. The van der Waals surface area contributed by atoms with Gasteiger partial charge in [-0.05, 0) is 29.5 Å². The maximum Gasteiger partial charge on any atom is 0.170 e. The van der Waals surface area contributed by atoms with Gasteiger partial charge >= 0.3 is 0 Å². The highest BCUT2D eigenvalue weighted by molar-refractivity contribution is 7.99. The first-order valence-corrected chi connectivity index (χ1v) is 7.53. The van der Waals surface area contributed by atoms with Crippen molar-refractivity contribution < 1.29 is 0 Å². The predicted octanol–water partition coefficient (Wildman–Crippen LogP) is 2.60. The third kappa shape index (κ3) is 2.56. The van der Waals surface area contributed by atoms with Crippen LogP contribution in [0.5, 0.6) is 0 Å². The van der Waals surface area contributed by atoms with Crippen LogP contribution in [-0.2, 0) is 13.6 Å². The zero-order chi connectivity index (χ0) is 14.8. The monoisotopic (exact) mass is 300 g/mol. The number of aromatic nitrogens is 6. The van der Waals surface area contributed by atoms with E-state index in [4.69, 9.17) is 4.98 Å². The minimum absolute atomic E-state index is 0.116. The summed E-state index contributed by atoms with van der Waals surface area (Å²) in [6.07, 6.45) is 1.88. The molecule has 0 radical (unpaired) electrons. The van der Waals surface area contributed by atoms with Crippen LogP contribution in [0.2, 0.25) is 0 Å². The number of hydrogen-bond acceptors (Lipinski definition) is 5. The summed E-state index contributed by atoms with van der Waals surface area (Å²) in [6, 6.07) is 8.12. The molecule has 0 saturated heterocycles. The quantitative estimate of drug-likeness (QED) is 0.535. The zero-order valence-corrected chi connectivity index (χ0v) is 12.8. The fourth-order valence-electron chi connectivity index (χ4n) is 2.24. The average molecular weight is 300 g/mol. The van der Waals surface area contributed by atoms with E-state index in [0.717, 1.165) is 28.6 Å². The van der Waals surface area contributed by atoms with E-state index in [0.29, 0.717) is 0 Å². The molecule has 0 unspecified atom stereocenters. The number of allylic oxidation sites excluding steroid dienone is 1. The lowest BCUT2D eigenvalue weighted by molar-refractivity contribution is 0.676. The van der Waals surface area contributed by atoms with Crippen LogP contribution in [0.15, 0.2) is 42.1 Å². The Labute approximate surface area is 126 Å². The van der Waals surface area contributed by atoms with Crippen LogP contribution in [0.3, 0.4) is 0 Å². The summed E-state index contributed by atoms with van der Waals surface area (Å²) >= 11 is 1.65. The molecular formula is C14H16N6S. The number of fused-ring (bicyclic) bond motifs is 1. The Balaban J connectivity index is 1.98. The van der Waals surface area contributed by atoms with E-state index in [-0.39, 0.29) is 5.25 Å². The Kier molecular flexibility index (Phi) is 3.74. The molecule has 0 spiro atoms. The molecule has 0 saturated carbocycles. The van der Waals surface area contributed by atoms with Crippen molar-refractivity contribution in [1.82, 2.24) is 29.8 Å². The van der Waals surface area contributed by atoms with Crippen LogP contribution in [-0.4, -0.2) is 29.8 Å². The molecule has 1 atom stereocenters. The summed E-state index contributed by atoms with van der Waals surface area (Å²) in [5, 5.41) is 12.7. The maximum absolute atomic E-state index is 4.71. The minimum Gasteiger partial charge on any atom is -0.315 e. The maximum atomic E-state index is 4.71. The van der Waals surface area contributed by atoms with E-state index in [1.54, 1.807) is 16.4 Å². The number of benzene rings is 1. The van der Waals surface area contributed by atoms with Gasteiger partial charge in [0, 0.05) is 13.6 Å². The van der Waals surface area contributed by atoms with Crippen molar-refractivity contribution in [2.75, 3.05) is 0 Å². The van der Waals surface area contributed by atoms with Gasteiger partial charge in [0.05, 0.1) is 16.3 Å². The smallest absolute Gasteiger partial charge is 0.170 e. The fourth-order valence-corrected chi connectivity index (χ4v) is 3.31. The number of para-hydroxylation sites is 2. The molecule has 1 aromatic carbocycles. The standard InChI is InChI=1S/C14H16N6S/c1-4-9-20-12-8-6-5-7-11(12)15-14(20)21-10(2)13-16-17-18-19(13)3/h4-8,10H,1,9H2,2-3H3/t10-/m1/s1. The van der Waals surface area contributed by atoms with Gasteiger partial charge in [-0.3, -0.25) is 0 Å². The zero-order valence-electron chi connectivity index (χ0n) is 12.0. The summed E-state index contributed by atoms with van der Waals surface area (Å²) in [7, 11) is 1.85. The highest BCUT2D eigenvalue weighted by atomic mass is 32.2. The van der Waals surface area contributed by atoms with Crippen LogP contribution in [0.4, 0.5) is 0 Å². The summed E-state index contributed by atoms with van der Waals surface area (Å²) in [4.78, 5) is 4.71. The summed E-state index contributed by atoms with van der Waals surface area (Å²) in [5.74, 6) is 0.831. The van der Waals surface area contributed by atoms with Gasteiger partial charge in [0.1, 0.15) is 0 Å². The predicted molar refractivity (Wildman–Crippen MR) is 83.0 cm³/mol. The van der Waals surface area contributed by atoms with E-state index in [1.165, 1.54) is 0 Å². The highest BCUT2D eigenvalue weighted by Gasteiger charge is 2.18. The van der Waals surface area contributed by atoms with Gasteiger partial charge in [-0.2, -0.15) is 0 Å². The Bertz CT molecular complexity index is 775. The van der Waals surface area contributed by atoms with E-state index >= 15 is 0 Å². The first-order chi connectivity index (χ1) is 10.2. The molecule has 3 aromatic rings. The van der Waals surface area contributed by atoms with E-state index < -0.39 is 0 Å². The van der Waals surface area contributed by atoms with E-state index in [1.807, 2.05) is 31.3 Å². The van der Waals surface area contributed by atoms with Crippen LogP contribution in [0, 0.1) is 0 Å². The lowest BCUT2D eigenvalue weighted by Gasteiger charge is -2.10. The van der Waals surface area contributed by atoms with Crippen molar-refractivity contribution in [2.24, 2.45) is 7.05 Å². The van der Waals surface area contributed by atoms with Crippen LogP contribution in [0.25, 0.3) is 11.0 Å². The minimum atomic E-state index is 0.116. The van der Waals surface area contributed by atoms with Gasteiger partial charge in [-0.1, -0.05) is 30.0 Å². The topological polar surface area (TPSA) is 61.4 Å². The molecule has 3 rings (SSSR count). The van der Waals surface area contributed by atoms with Crippen molar-refractivity contribution >= 4 is 22.8 Å². The third-order valence-corrected chi connectivity index (χ3v) is 4.32. The summed E-state index contributed by atoms with van der Waals surface area (Å²) in [6.45, 7) is 6.64. The number of tetrazole rings is 1. The molecule has 108 valence electrons. The molecule has 21 heavy (non-hydrogen) atoms. The van der Waals surface area contributed by atoms with E-state index in [9.17, 15) is 0 Å². The molecule has 7 heteroatoms. The molecule has 6 nitrogen and oxygen atoms in total. The fraction of sp³-hybridized carbons (Fsp3) is 0.286. The van der Waals surface area contributed by atoms with Crippen molar-refractivity contribution in [3.8, 4) is 0 Å². The number of aryl methyl sites for hydroxylation is 1. The second kappa shape index (κ2) is 5.69. The molecule has 0 fully saturated rings. The number of hydrogen-bond donors (Lipinski definition) is 0. The highest BCUT2D eigenvalue weighted by Crippen LogP contribution is 2.34. The molecule has 0 aliphatic carbocycles. The number of nitrogens with zero attached hydrogens (tertiary/aromatic N) is 6. The molecule has 0 N–H and O–H groups in total. The van der Waals surface area contributed by atoms with Crippen LogP contribution < -0.4 is 0 Å². The van der Waals surface area contributed by atoms with Crippen molar-refractivity contribution in [3.05, 3.63) is 42.7 Å². The number of imidazole rings is 1. The molecular weight excluding hydrogens is 284 g/mol. The Morgan fingerprint density at radius 2 is 2.19 bits per heavy atom. The average Bonchev–Trinajstić information content (AvgIpc) is 3.04. The van der Waals surface area contributed by atoms with E-state index in [2.05, 4.69) is 39.7 Å². The van der Waals surface area contributed by atoms with Crippen molar-refractivity contribution in [3.63, 3.8) is 0 Å². The first kappa shape index (κ1) is 13.8. The molecule has 0 aliphatic heterocycles. The molecule has 2 heterocycles. The Morgan fingerprint density at radius 1 is 1.38 bits per heavy atom. The lowest BCUT2D eigenvalue weighted by atomic mass is 10.3. The Morgan fingerprint density at radius 3 is 2.90 bits per heavy atom. The second-order valence-corrected chi connectivity index (χ2v) is 6.01. The van der Waals surface area contributed by atoms with Gasteiger partial charge in [-0.15, -0.1) is 11.7 Å². The third-order valence-electron chi connectivity index (χ3n) is 3.23. The summed E-state index contributed by atoms with van der Waals surface area (Å²) < 4.78 is 3.85. The lowest BCUT2D eigenvalue weighted by Crippen LogP contribution is -2.04. The summed E-state index contributed by atoms with van der Waals surface area (Å²) in [5.41, 5.74) is 2.10. The Hall–Kier alpha value is -2.15. The van der Waals surface area contributed by atoms with Gasteiger partial charge < -0.3 is 4.57 Å². The van der Waals surface area contributed by atoms with Gasteiger partial charge in [-0.25, -0.2) is 9.67 Å². The van der Waals surface area contributed by atoms with Crippen LogP contribution in [0.1, 0.15) is 18.0 Å². The first-order valence-electron chi connectivity index (χ1n) is 6.65. The molecule has 0 aliphatic rings. The van der Waals surface area contributed by atoms with Gasteiger partial charge in [0.25, 0.3) is 0 Å². The van der Waals surface area contributed by atoms with Gasteiger partial charge in [0.15, 0.2) is 11.0 Å². The SMILES string of the molecule is C=CCn1c(S[C@H](C)c2nnnn2C)nc2ccccc21. The molecule has 2 aromatic heterocycles. The number of rotatable bonds is 5. The normalized spacial score (nSPS) is 12.7. The van der Waals surface area contributed by atoms with Crippen LogP contribution >= 0.6 is 11.8 Å². The molecule has 0 bridgehead atoms. The largest absolute Gasteiger partial charge is 0.315 e. The second-order valence-electron chi connectivity index (χ2n) is 4.70.